The number of rotatable bonds is 1. The lowest BCUT2D eigenvalue weighted by molar-refractivity contribution is 0.187. The van der Waals surface area contributed by atoms with Gasteiger partial charge in [-0.05, 0) is 18.6 Å². The van der Waals surface area contributed by atoms with E-state index in [4.69, 9.17) is 10.2 Å². The lowest BCUT2D eigenvalue weighted by Crippen LogP contribution is -1.82. The molecule has 0 spiro atoms. The van der Waals surface area contributed by atoms with Crippen LogP contribution >= 0.6 is 0 Å². The van der Waals surface area contributed by atoms with Crippen LogP contribution in [0.4, 0.5) is 0 Å². The van der Waals surface area contributed by atoms with Gasteiger partial charge in [-0.1, -0.05) is 24.3 Å². The Morgan fingerprint density at radius 2 is 1.82 bits per heavy atom. The second-order valence-corrected chi connectivity index (χ2v) is 2.37. The van der Waals surface area contributed by atoms with Crippen LogP contribution in [0.5, 0.6) is 0 Å². The van der Waals surface area contributed by atoms with E-state index in [1.54, 1.807) is 13.0 Å². The first-order valence-electron chi connectivity index (χ1n) is 3.35. The molecule has 0 fully saturated rings. The van der Waals surface area contributed by atoms with Crippen molar-refractivity contribution >= 4 is 0 Å². The number of aliphatic hydroxyl groups is 2. The van der Waals surface area contributed by atoms with E-state index in [0.717, 1.165) is 5.57 Å². The van der Waals surface area contributed by atoms with Gasteiger partial charge in [0.25, 0.3) is 5.95 Å². The van der Waals surface area contributed by atoms with Crippen molar-refractivity contribution in [2.45, 2.75) is 6.92 Å². The van der Waals surface area contributed by atoms with E-state index in [1.165, 1.54) is 0 Å². The van der Waals surface area contributed by atoms with Crippen molar-refractivity contribution in [1.29, 1.82) is 0 Å². The van der Waals surface area contributed by atoms with E-state index in [1.807, 2.05) is 24.3 Å². The quantitative estimate of drug-likeness (QED) is 0.563. The molecule has 0 aromatic heterocycles. The normalized spacial score (nSPS) is 13.7. The van der Waals surface area contributed by atoms with Gasteiger partial charge in [-0.2, -0.15) is 0 Å². The summed E-state index contributed by atoms with van der Waals surface area (Å²) in [6.45, 7) is 1.64. The molecule has 1 aliphatic carbocycles. The first kappa shape index (κ1) is 7.66. The van der Waals surface area contributed by atoms with Gasteiger partial charge in [-0.3, -0.25) is 0 Å². The van der Waals surface area contributed by atoms with Gasteiger partial charge in [0, 0.05) is 5.57 Å². The Balaban J connectivity index is 2.82. The second kappa shape index (κ2) is 3.10. The van der Waals surface area contributed by atoms with Gasteiger partial charge in [-0.25, -0.2) is 0 Å². The molecule has 1 rings (SSSR count). The van der Waals surface area contributed by atoms with Crippen LogP contribution in [0.15, 0.2) is 47.5 Å². The van der Waals surface area contributed by atoms with E-state index in [-0.39, 0.29) is 0 Å². The Morgan fingerprint density at radius 1 is 1.27 bits per heavy atom. The minimum atomic E-state index is -0.619. The minimum Gasteiger partial charge on any atom is -0.481 e. The van der Waals surface area contributed by atoms with Crippen molar-refractivity contribution in [3.8, 4) is 0 Å². The number of hydrogen-bond donors (Lipinski definition) is 2. The molecule has 0 saturated carbocycles. The Morgan fingerprint density at radius 3 is 2.27 bits per heavy atom. The molecular weight excluding hydrogens is 140 g/mol. The van der Waals surface area contributed by atoms with Gasteiger partial charge in [-0.15, -0.1) is 0 Å². The van der Waals surface area contributed by atoms with Gasteiger partial charge in [0.05, 0.1) is 0 Å². The van der Waals surface area contributed by atoms with E-state index >= 15 is 0 Å². The molecule has 0 aromatic rings. The van der Waals surface area contributed by atoms with Crippen LogP contribution < -0.4 is 0 Å². The van der Waals surface area contributed by atoms with Crippen LogP contribution in [0.3, 0.4) is 0 Å². The Labute approximate surface area is 65.5 Å². The molecule has 58 valence electrons. The van der Waals surface area contributed by atoms with Crippen LogP contribution in [-0.2, 0) is 0 Å². The van der Waals surface area contributed by atoms with Gasteiger partial charge >= 0.3 is 0 Å². The molecule has 2 heteroatoms. The summed E-state index contributed by atoms with van der Waals surface area (Å²) in [5, 5.41) is 17.2. The highest BCUT2D eigenvalue weighted by molar-refractivity contribution is 5.43. The first-order chi connectivity index (χ1) is 5.20. The summed E-state index contributed by atoms with van der Waals surface area (Å²) < 4.78 is 0. The van der Waals surface area contributed by atoms with E-state index in [9.17, 15) is 0 Å². The summed E-state index contributed by atoms with van der Waals surface area (Å²) >= 11 is 0. The Bertz CT molecular complexity index is 249. The predicted molar refractivity (Wildman–Crippen MR) is 44.3 cm³/mol. The van der Waals surface area contributed by atoms with Gasteiger partial charge < -0.3 is 10.2 Å². The highest BCUT2D eigenvalue weighted by atomic mass is 16.5. The molecule has 1 aliphatic rings. The molecule has 2 N–H and O–H groups in total. The third kappa shape index (κ3) is 2.00. The van der Waals surface area contributed by atoms with Gasteiger partial charge in [0.1, 0.15) is 0 Å². The summed E-state index contributed by atoms with van der Waals surface area (Å²) in [5.74, 6) is -0.619. The maximum Gasteiger partial charge on any atom is 0.277 e. The molecule has 2 nitrogen and oxygen atoms in total. The third-order valence-corrected chi connectivity index (χ3v) is 1.42. The minimum absolute atomic E-state index is 0.469. The third-order valence-electron chi connectivity index (χ3n) is 1.42. The van der Waals surface area contributed by atoms with E-state index in [2.05, 4.69) is 0 Å². The van der Waals surface area contributed by atoms with Gasteiger partial charge in [0.2, 0.25) is 0 Å². The lowest BCUT2D eigenvalue weighted by Gasteiger charge is -1.93. The molecular formula is C9H10O2. The molecule has 0 amide bonds. The number of allylic oxidation sites excluding steroid dienone is 7. The highest BCUT2D eigenvalue weighted by Crippen LogP contribution is 2.11. The van der Waals surface area contributed by atoms with Crippen LogP contribution in [0.2, 0.25) is 0 Å². The van der Waals surface area contributed by atoms with Crippen molar-refractivity contribution in [1.82, 2.24) is 0 Å². The monoisotopic (exact) mass is 150 g/mol. The summed E-state index contributed by atoms with van der Waals surface area (Å²) in [6.07, 6.45) is 9.29. The van der Waals surface area contributed by atoms with Crippen molar-refractivity contribution in [2.24, 2.45) is 0 Å². The van der Waals surface area contributed by atoms with E-state index in [0.29, 0.717) is 5.57 Å². The molecule has 0 aromatic carbocycles. The number of aliphatic hydroxyl groups excluding tert-OH is 1. The molecule has 0 radical (unpaired) electrons. The highest BCUT2D eigenvalue weighted by Gasteiger charge is 1.95. The van der Waals surface area contributed by atoms with Crippen molar-refractivity contribution in [3.05, 3.63) is 47.5 Å². The zero-order valence-corrected chi connectivity index (χ0v) is 6.28. The molecule has 0 aliphatic heterocycles. The fraction of sp³-hybridized carbons (Fsp3) is 0.111. The summed E-state index contributed by atoms with van der Waals surface area (Å²) in [7, 11) is 0. The molecule has 0 heterocycles. The second-order valence-electron chi connectivity index (χ2n) is 2.37. The van der Waals surface area contributed by atoms with E-state index < -0.39 is 5.95 Å². The average Bonchev–Trinajstić information content (AvgIpc) is 2.39. The lowest BCUT2D eigenvalue weighted by atomic mass is 10.2. The van der Waals surface area contributed by atoms with Crippen LogP contribution in [0, 0.1) is 0 Å². The van der Waals surface area contributed by atoms with Crippen molar-refractivity contribution in [3.63, 3.8) is 0 Å². The summed E-state index contributed by atoms with van der Waals surface area (Å²) in [6, 6.07) is 0. The largest absolute Gasteiger partial charge is 0.481 e. The molecule has 0 saturated heterocycles. The molecule has 11 heavy (non-hydrogen) atoms. The molecule has 0 bridgehead atoms. The van der Waals surface area contributed by atoms with Crippen LogP contribution in [0.1, 0.15) is 6.92 Å². The van der Waals surface area contributed by atoms with Crippen LogP contribution in [0.25, 0.3) is 0 Å². The summed E-state index contributed by atoms with van der Waals surface area (Å²) in [5.41, 5.74) is 1.44. The fourth-order valence-electron chi connectivity index (χ4n) is 0.800. The van der Waals surface area contributed by atoms with Crippen LogP contribution in [-0.4, -0.2) is 10.2 Å². The Hall–Kier alpha value is -1.44. The smallest absolute Gasteiger partial charge is 0.277 e. The fourth-order valence-corrected chi connectivity index (χ4v) is 0.800. The zero-order chi connectivity index (χ0) is 8.27. The zero-order valence-electron chi connectivity index (χ0n) is 6.28. The molecule has 0 unspecified atom stereocenters. The first-order valence-corrected chi connectivity index (χ1v) is 3.35. The van der Waals surface area contributed by atoms with Gasteiger partial charge in [0.15, 0.2) is 0 Å². The SMILES string of the molecule is CC(C=C1C=CC=C1)=C(O)O. The van der Waals surface area contributed by atoms with Crippen molar-refractivity contribution in [2.75, 3.05) is 0 Å². The van der Waals surface area contributed by atoms with Crippen molar-refractivity contribution < 1.29 is 10.2 Å². The predicted octanol–water partition coefficient (Wildman–Crippen LogP) is 2.39. The average molecular weight is 150 g/mol. The maximum absolute atomic E-state index is 8.62. The number of hydrogen-bond acceptors (Lipinski definition) is 2. The summed E-state index contributed by atoms with van der Waals surface area (Å²) in [4.78, 5) is 0. The molecule has 0 atom stereocenters. The Kier molecular flexibility index (Phi) is 2.16. The maximum atomic E-state index is 8.62. The standard InChI is InChI=1S/C9H10O2/c1-7(9(10)11)6-8-4-2-3-5-8/h2-6,10-11H,1H3. The topological polar surface area (TPSA) is 40.5 Å².